The molecule has 8 aromatic rings. The van der Waals surface area contributed by atoms with Gasteiger partial charge >= 0.3 is 0 Å². The summed E-state index contributed by atoms with van der Waals surface area (Å²) in [4.78, 5) is 0. The first-order chi connectivity index (χ1) is 21.3. The molecule has 44 heavy (non-hydrogen) atoms. The van der Waals surface area contributed by atoms with Crippen molar-refractivity contribution in [3.63, 3.8) is 0 Å². The minimum atomic E-state index is -0.105. The van der Waals surface area contributed by atoms with Gasteiger partial charge in [-0.1, -0.05) is 113 Å². The lowest BCUT2D eigenvalue weighted by atomic mass is 9.76. The van der Waals surface area contributed by atoms with Crippen LogP contribution in [0.4, 0.5) is 0 Å². The summed E-state index contributed by atoms with van der Waals surface area (Å²) >= 11 is 0. The van der Waals surface area contributed by atoms with E-state index in [2.05, 4.69) is 125 Å². The predicted octanol–water partition coefficient (Wildman–Crippen LogP) is 10.9. The van der Waals surface area contributed by atoms with E-state index < -0.39 is 0 Å². The van der Waals surface area contributed by atoms with Gasteiger partial charge in [-0.15, -0.1) is 0 Å². The van der Waals surface area contributed by atoms with Crippen LogP contribution in [0, 0.1) is 0 Å². The second kappa shape index (κ2) is 7.33. The highest BCUT2D eigenvalue weighted by Gasteiger charge is 2.44. The Morgan fingerprint density at radius 3 is 1.98 bits per heavy atom. The van der Waals surface area contributed by atoms with E-state index in [1.807, 2.05) is 0 Å². The van der Waals surface area contributed by atoms with E-state index in [4.69, 9.17) is 0 Å². The van der Waals surface area contributed by atoms with Gasteiger partial charge in [-0.05, 0) is 134 Å². The van der Waals surface area contributed by atoms with Gasteiger partial charge < -0.3 is 0 Å². The van der Waals surface area contributed by atoms with Crippen molar-refractivity contribution in [2.45, 2.75) is 51.4 Å². The molecule has 0 nitrogen and oxygen atoms in total. The Bertz CT molecular complexity index is 2700. The molecule has 0 N–H and O–H groups in total. The standard InChI is InChI=1S/C44H32/c1-43(2)33-22-34-32(21-31(33)40-29-19-18-24-9-5-8-23-16-17-27(20-35(40)43)39(29)36(23)24)41-28-12-6-10-25-14-15-26-11-7-13-30(38(26)37(25)28)42(41)44(34,3)4/h6-8,10-22H,5,9H2,1-4H3. The summed E-state index contributed by atoms with van der Waals surface area (Å²) in [5, 5.41) is 15.5. The van der Waals surface area contributed by atoms with Crippen LogP contribution in [0.1, 0.15) is 61.9 Å². The van der Waals surface area contributed by atoms with Crippen molar-refractivity contribution in [3.05, 3.63) is 124 Å². The van der Waals surface area contributed by atoms with Crippen LogP contribution in [0.2, 0.25) is 0 Å². The van der Waals surface area contributed by atoms with E-state index in [1.165, 1.54) is 109 Å². The van der Waals surface area contributed by atoms with Crippen molar-refractivity contribution in [3.8, 4) is 22.3 Å². The van der Waals surface area contributed by atoms with Gasteiger partial charge in [-0.2, -0.15) is 0 Å². The minimum absolute atomic E-state index is 0.0770. The lowest BCUT2D eigenvalue weighted by Gasteiger charge is -2.27. The molecule has 3 aliphatic rings. The fourth-order valence-corrected chi connectivity index (χ4v) is 9.97. The molecule has 8 aromatic carbocycles. The van der Waals surface area contributed by atoms with Crippen LogP contribution in [0.15, 0.2) is 91.0 Å². The number of aryl methyl sites for hydroxylation is 1. The highest BCUT2D eigenvalue weighted by molar-refractivity contribution is 6.29. The topological polar surface area (TPSA) is 0 Å². The van der Waals surface area contributed by atoms with Gasteiger partial charge in [0.25, 0.3) is 0 Å². The summed E-state index contributed by atoms with van der Waals surface area (Å²) in [5.74, 6) is 0. The quantitative estimate of drug-likeness (QED) is 0.162. The number of hydrogen-bond acceptors (Lipinski definition) is 0. The smallest absolute Gasteiger partial charge is 0.0165 e. The molecule has 0 radical (unpaired) electrons. The Balaban J connectivity index is 1.32. The molecule has 0 atom stereocenters. The van der Waals surface area contributed by atoms with Crippen LogP contribution in [0.5, 0.6) is 0 Å². The second-order valence-corrected chi connectivity index (χ2v) is 14.8. The predicted molar refractivity (Wildman–Crippen MR) is 188 cm³/mol. The first-order valence-corrected chi connectivity index (χ1v) is 16.3. The van der Waals surface area contributed by atoms with Crippen molar-refractivity contribution in [2.24, 2.45) is 0 Å². The SMILES string of the molecule is CC1(C)c2cc3c(cc2-c2c1cc1ccc4c5c(ccc2c15)CCC=4)-c1c(c2cccc4ccc5cccc1c5c42)C3(C)C. The Hall–Kier alpha value is -4.68. The molecule has 208 valence electrons. The summed E-state index contributed by atoms with van der Waals surface area (Å²) in [7, 11) is 0. The maximum Gasteiger partial charge on any atom is 0.0165 e. The zero-order chi connectivity index (χ0) is 29.3. The van der Waals surface area contributed by atoms with Crippen LogP contribution in [-0.2, 0) is 17.3 Å². The molecule has 0 heterocycles. The van der Waals surface area contributed by atoms with Crippen molar-refractivity contribution >= 4 is 59.9 Å². The van der Waals surface area contributed by atoms with Gasteiger partial charge in [-0.25, -0.2) is 0 Å². The molecule has 0 spiro atoms. The molecule has 0 fully saturated rings. The van der Waals surface area contributed by atoms with Crippen molar-refractivity contribution in [1.82, 2.24) is 0 Å². The average molecular weight is 561 g/mol. The normalized spacial score (nSPS) is 17.0. The lowest BCUT2D eigenvalue weighted by Crippen LogP contribution is -2.19. The monoisotopic (exact) mass is 560 g/mol. The summed E-state index contributed by atoms with van der Waals surface area (Å²) in [5.41, 5.74) is 13.0. The van der Waals surface area contributed by atoms with E-state index in [0.29, 0.717) is 0 Å². The molecule has 0 aromatic heterocycles. The number of fused-ring (bicyclic) bond motifs is 9. The summed E-state index contributed by atoms with van der Waals surface area (Å²) in [6.45, 7) is 9.82. The third-order valence-corrected chi connectivity index (χ3v) is 11.9. The van der Waals surface area contributed by atoms with E-state index in [9.17, 15) is 0 Å². The molecular formula is C44H32. The van der Waals surface area contributed by atoms with Gasteiger partial charge in [0.1, 0.15) is 0 Å². The van der Waals surface area contributed by atoms with Crippen LogP contribution < -0.4 is 5.22 Å². The van der Waals surface area contributed by atoms with E-state index >= 15 is 0 Å². The minimum Gasteiger partial charge on any atom is -0.0763 e. The summed E-state index contributed by atoms with van der Waals surface area (Å²) in [6.07, 6.45) is 4.72. The zero-order valence-electron chi connectivity index (χ0n) is 25.7. The van der Waals surface area contributed by atoms with Gasteiger partial charge in [0, 0.05) is 10.8 Å². The lowest BCUT2D eigenvalue weighted by molar-refractivity contribution is 0.642. The Labute approximate surface area is 256 Å². The average Bonchev–Trinajstić information content (AvgIpc) is 3.41. The third kappa shape index (κ3) is 2.50. The van der Waals surface area contributed by atoms with Crippen LogP contribution in [0.25, 0.3) is 82.2 Å². The summed E-state index contributed by atoms with van der Waals surface area (Å²) in [6, 6.07) is 35.8. The molecule has 0 amide bonds. The Morgan fingerprint density at radius 1 is 0.500 bits per heavy atom. The maximum absolute atomic E-state index is 2.61. The molecule has 0 bridgehead atoms. The Morgan fingerprint density at radius 2 is 1.16 bits per heavy atom. The fourth-order valence-electron chi connectivity index (χ4n) is 9.97. The molecule has 11 rings (SSSR count). The number of rotatable bonds is 0. The molecule has 0 unspecified atom stereocenters. The Kier molecular flexibility index (Phi) is 3.96. The number of benzene rings is 8. The van der Waals surface area contributed by atoms with Gasteiger partial charge in [0.05, 0.1) is 0 Å². The zero-order valence-corrected chi connectivity index (χ0v) is 25.7. The highest BCUT2D eigenvalue weighted by Crippen LogP contribution is 2.60. The van der Waals surface area contributed by atoms with Crippen LogP contribution >= 0.6 is 0 Å². The molecule has 3 aliphatic carbocycles. The van der Waals surface area contributed by atoms with E-state index in [0.717, 1.165) is 12.8 Å². The largest absolute Gasteiger partial charge is 0.0763 e. The first kappa shape index (κ1) is 23.7. The first-order valence-electron chi connectivity index (χ1n) is 16.3. The highest BCUT2D eigenvalue weighted by atomic mass is 14.5. The maximum atomic E-state index is 2.61. The molecule has 0 heteroatoms. The van der Waals surface area contributed by atoms with Crippen molar-refractivity contribution in [1.29, 1.82) is 0 Å². The molecule has 0 saturated heterocycles. The number of hydrogen-bond donors (Lipinski definition) is 0. The second-order valence-electron chi connectivity index (χ2n) is 14.8. The van der Waals surface area contributed by atoms with Crippen molar-refractivity contribution < 1.29 is 0 Å². The van der Waals surface area contributed by atoms with Gasteiger partial charge in [0.15, 0.2) is 0 Å². The molecule has 0 saturated carbocycles. The molecule has 0 aliphatic heterocycles. The summed E-state index contributed by atoms with van der Waals surface area (Å²) < 4.78 is 0. The van der Waals surface area contributed by atoms with E-state index in [-0.39, 0.29) is 10.8 Å². The van der Waals surface area contributed by atoms with Gasteiger partial charge in [-0.3, -0.25) is 0 Å². The van der Waals surface area contributed by atoms with Gasteiger partial charge in [0.2, 0.25) is 0 Å². The van der Waals surface area contributed by atoms with Crippen LogP contribution in [0.3, 0.4) is 0 Å². The molecular weight excluding hydrogens is 528 g/mol. The van der Waals surface area contributed by atoms with E-state index in [1.54, 1.807) is 0 Å². The third-order valence-electron chi connectivity index (χ3n) is 11.9. The fraction of sp³-hybridized carbons (Fsp3) is 0.182. The van der Waals surface area contributed by atoms with Crippen LogP contribution in [-0.4, -0.2) is 0 Å². The van der Waals surface area contributed by atoms with Crippen molar-refractivity contribution in [2.75, 3.05) is 0 Å².